The van der Waals surface area contributed by atoms with Crippen LogP contribution in [0.15, 0.2) is 41.5 Å². The Kier molecular flexibility index (Phi) is 5.36. The highest BCUT2D eigenvalue weighted by molar-refractivity contribution is 5.87. The lowest BCUT2D eigenvalue weighted by Crippen LogP contribution is -2.24. The van der Waals surface area contributed by atoms with E-state index in [-0.39, 0.29) is 18.1 Å². The van der Waals surface area contributed by atoms with Gasteiger partial charge in [-0.25, -0.2) is 5.43 Å². The molecule has 7 nitrogen and oxygen atoms in total. The zero-order chi connectivity index (χ0) is 17.5. The van der Waals surface area contributed by atoms with E-state index in [9.17, 15) is 15.0 Å². The monoisotopic (exact) mass is 325 g/mol. The molecule has 2 aromatic carbocycles. The molecule has 0 fully saturated rings. The van der Waals surface area contributed by atoms with Crippen LogP contribution in [0.25, 0.3) is 0 Å². The second-order valence-electron chi connectivity index (χ2n) is 4.89. The number of carbonyl (C=O) groups is 1. The molecule has 0 heterocycles. The Hall–Kier alpha value is -3.53. The third-order valence-electron chi connectivity index (χ3n) is 3.10. The normalized spacial score (nSPS) is 10.3. The van der Waals surface area contributed by atoms with E-state index in [4.69, 9.17) is 10.00 Å². The minimum absolute atomic E-state index is 0.0595. The van der Waals surface area contributed by atoms with Crippen LogP contribution < -0.4 is 10.2 Å². The first-order valence-corrected chi connectivity index (χ1v) is 6.97. The number of hydrogen-bond acceptors (Lipinski definition) is 6. The minimum atomic E-state index is -0.519. The van der Waals surface area contributed by atoms with Crippen molar-refractivity contribution in [3.63, 3.8) is 0 Å². The van der Waals surface area contributed by atoms with Gasteiger partial charge >= 0.3 is 0 Å². The van der Waals surface area contributed by atoms with Gasteiger partial charge in [0.2, 0.25) is 0 Å². The van der Waals surface area contributed by atoms with Crippen molar-refractivity contribution in [3.05, 3.63) is 53.1 Å². The summed E-state index contributed by atoms with van der Waals surface area (Å²) in [6.45, 7) is 1.38. The van der Waals surface area contributed by atoms with E-state index in [0.717, 1.165) is 0 Å². The van der Waals surface area contributed by atoms with Gasteiger partial charge in [-0.3, -0.25) is 4.79 Å². The smallest absolute Gasteiger partial charge is 0.277 e. The third-order valence-corrected chi connectivity index (χ3v) is 3.10. The van der Waals surface area contributed by atoms with Gasteiger partial charge in [0.05, 0.1) is 11.8 Å². The van der Waals surface area contributed by atoms with Gasteiger partial charge in [-0.05, 0) is 30.7 Å². The molecule has 0 aliphatic rings. The van der Waals surface area contributed by atoms with Crippen molar-refractivity contribution >= 4 is 12.1 Å². The number of phenols is 2. The first-order chi connectivity index (χ1) is 11.5. The van der Waals surface area contributed by atoms with E-state index in [2.05, 4.69) is 10.5 Å². The number of nitrogens with zero attached hydrogens (tertiary/aromatic N) is 2. The average molecular weight is 325 g/mol. The van der Waals surface area contributed by atoms with Crippen LogP contribution in [0, 0.1) is 18.3 Å². The van der Waals surface area contributed by atoms with Crippen LogP contribution in [-0.2, 0) is 4.79 Å². The van der Waals surface area contributed by atoms with Crippen molar-refractivity contribution in [1.82, 2.24) is 5.43 Å². The van der Waals surface area contributed by atoms with E-state index in [1.165, 1.54) is 18.3 Å². The van der Waals surface area contributed by atoms with E-state index in [1.807, 2.05) is 6.07 Å². The average Bonchev–Trinajstić information content (AvgIpc) is 2.55. The molecule has 0 atom stereocenters. The molecule has 1 amide bonds. The van der Waals surface area contributed by atoms with Gasteiger partial charge in [0.15, 0.2) is 6.61 Å². The summed E-state index contributed by atoms with van der Waals surface area (Å²) in [5.74, 6) is -0.415. The maximum Gasteiger partial charge on any atom is 0.277 e. The SMILES string of the molecule is Cc1cc(O)cc(O)c1/C=N/NC(=O)COc1ccccc1C#N. The van der Waals surface area contributed by atoms with Gasteiger partial charge in [-0.2, -0.15) is 10.4 Å². The lowest BCUT2D eigenvalue weighted by molar-refractivity contribution is -0.123. The first-order valence-electron chi connectivity index (χ1n) is 6.97. The zero-order valence-electron chi connectivity index (χ0n) is 12.9. The van der Waals surface area contributed by atoms with Crippen LogP contribution in [0.2, 0.25) is 0 Å². The number of phenolic OH excluding ortho intramolecular Hbond substituents is 2. The van der Waals surface area contributed by atoms with Gasteiger partial charge in [-0.1, -0.05) is 12.1 Å². The summed E-state index contributed by atoms with van der Waals surface area (Å²) in [5.41, 5.74) is 3.57. The number of para-hydroxylation sites is 1. The van der Waals surface area contributed by atoms with Crippen LogP contribution in [-0.4, -0.2) is 28.9 Å². The molecular weight excluding hydrogens is 310 g/mol. The molecule has 0 aromatic heterocycles. The molecular formula is C17H15N3O4. The number of ether oxygens (including phenoxy) is 1. The fourth-order valence-electron chi connectivity index (χ4n) is 1.96. The van der Waals surface area contributed by atoms with Crippen molar-refractivity contribution in [3.8, 4) is 23.3 Å². The Morgan fingerprint density at radius 3 is 2.83 bits per heavy atom. The number of benzene rings is 2. The van der Waals surface area contributed by atoms with E-state index >= 15 is 0 Å². The largest absolute Gasteiger partial charge is 0.508 e. The summed E-state index contributed by atoms with van der Waals surface area (Å²) >= 11 is 0. The summed E-state index contributed by atoms with van der Waals surface area (Å²) < 4.78 is 5.26. The number of hydrazone groups is 1. The Morgan fingerprint density at radius 2 is 2.12 bits per heavy atom. The molecule has 0 spiro atoms. The van der Waals surface area contributed by atoms with Gasteiger partial charge in [0, 0.05) is 11.6 Å². The van der Waals surface area contributed by atoms with Crippen molar-refractivity contribution < 1.29 is 19.7 Å². The standard InChI is InChI=1S/C17H15N3O4/c1-11-6-13(21)7-15(22)14(11)9-19-20-17(23)10-24-16-5-3-2-4-12(16)8-18/h2-7,9,21-22H,10H2,1H3,(H,20,23)/b19-9+. The minimum Gasteiger partial charge on any atom is -0.508 e. The Balaban J connectivity index is 1.93. The lowest BCUT2D eigenvalue weighted by Gasteiger charge is -2.07. The summed E-state index contributed by atoms with van der Waals surface area (Å²) in [6.07, 6.45) is 1.27. The molecule has 0 aliphatic carbocycles. The molecule has 2 aromatic rings. The predicted octanol–water partition coefficient (Wildman–Crippen LogP) is 1.81. The van der Waals surface area contributed by atoms with Crippen LogP contribution in [0.4, 0.5) is 0 Å². The maximum atomic E-state index is 11.7. The second kappa shape index (κ2) is 7.65. The molecule has 0 saturated carbocycles. The topological polar surface area (TPSA) is 115 Å². The van der Waals surface area contributed by atoms with Gasteiger partial charge in [0.1, 0.15) is 23.3 Å². The highest BCUT2D eigenvalue weighted by atomic mass is 16.5. The maximum absolute atomic E-state index is 11.7. The second-order valence-corrected chi connectivity index (χ2v) is 4.89. The van der Waals surface area contributed by atoms with Crippen molar-refractivity contribution in [1.29, 1.82) is 5.26 Å². The number of carbonyl (C=O) groups excluding carboxylic acids is 1. The Labute approximate surface area is 138 Å². The Bertz CT molecular complexity index is 802. The van der Waals surface area contributed by atoms with Crippen LogP contribution in [0.5, 0.6) is 17.2 Å². The van der Waals surface area contributed by atoms with Gasteiger partial charge in [0.25, 0.3) is 5.91 Å². The number of amides is 1. The number of aromatic hydroxyl groups is 2. The zero-order valence-corrected chi connectivity index (χ0v) is 12.9. The summed E-state index contributed by atoms with van der Waals surface area (Å²) in [6, 6.07) is 11.2. The van der Waals surface area contributed by atoms with Gasteiger partial charge < -0.3 is 14.9 Å². The molecule has 3 N–H and O–H groups in total. The number of hydrogen-bond donors (Lipinski definition) is 3. The fourth-order valence-corrected chi connectivity index (χ4v) is 1.96. The van der Waals surface area contributed by atoms with E-state index < -0.39 is 5.91 Å². The molecule has 122 valence electrons. The Morgan fingerprint density at radius 1 is 1.38 bits per heavy atom. The first kappa shape index (κ1) is 16.8. The molecule has 0 unspecified atom stereocenters. The number of nitrogens with one attached hydrogen (secondary N) is 1. The van der Waals surface area contributed by atoms with E-state index in [0.29, 0.717) is 22.4 Å². The third kappa shape index (κ3) is 4.24. The molecule has 0 radical (unpaired) electrons. The van der Waals surface area contributed by atoms with Crippen LogP contribution in [0.3, 0.4) is 0 Å². The van der Waals surface area contributed by atoms with Crippen molar-refractivity contribution in [2.45, 2.75) is 6.92 Å². The lowest BCUT2D eigenvalue weighted by atomic mass is 10.1. The fraction of sp³-hybridized carbons (Fsp3) is 0.118. The number of aryl methyl sites for hydroxylation is 1. The molecule has 7 heteroatoms. The highest BCUT2D eigenvalue weighted by Gasteiger charge is 2.07. The van der Waals surface area contributed by atoms with Crippen LogP contribution >= 0.6 is 0 Å². The molecule has 0 aliphatic heterocycles. The number of nitriles is 1. The van der Waals surface area contributed by atoms with E-state index in [1.54, 1.807) is 31.2 Å². The van der Waals surface area contributed by atoms with Crippen molar-refractivity contribution in [2.24, 2.45) is 5.10 Å². The number of rotatable bonds is 5. The predicted molar refractivity (Wildman–Crippen MR) is 86.9 cm³/mol. The summed E-state index contributed by atoms with van der Waals surface area (Å²) in [7, 11) is 0. The summed E-state index contributed by atoms with van der Waals surface area (Å²) in [5, 5.41) is 31.7. The molecule has 0 bridgehead atoms. The molecule has 24 heavy (non-hydrogen) atoms. The van der Waals surface area contributed by atoms with Crippen LogP contribution in [0.1, 0.15) is 16.7 Å². The quantitative estimate of drug-likeness (QED) is 0.573. The molecule has 0 saturated heterocycles. The van der Waals surface area contributed by atoms with Gasteiger partial charge in [-0.15, -0.1) is 0 Å². The van der Waals surface area contributed by atoms with Crippen molar-refractivity contribution in [2.75, 3.05) is 6.61 Å². The molecule has 2 rings (SSSR count). The highest BCUT2D eigenvalue weighted by Crippen LogP contribution is 2.25. The summed E-state index contributed by atoms with van der Waals surface area (Å²) in [4.78, 5) is 11.7.